The van der Waals surface area contributed by atoms with Crippen molar-refractivity contribution in [2.45, 2.75) is 97.9 Å². The van der Waals surface area contributed by atoms with E-state index in [1.54, 1.807) is 0 Å². The maximum Gasteiger partial charge on any atom is 0.255 e. The van der Waals surface area contributed by atoms with E-state index in [9.17, 15) is 0 Å². The van der Waals surface area contributed by atoms with Crippen molar-refractivity contribution in [2.24, 2.45) is 0 Å². The summed E-state index contributed by atoms with van der Waals surface area (Å²) in [6, 6.07) is 6.13. The molecule has 5 heteroatoms. The van der Waals surface area contributed by atoms with Crippen molar-refractivity contribution in [3.8, 4) is 0 Å². The number of nitrogens with zero attached hydrogens (tertiary/aromatic N) is 1. The fourth-order valence-electron chi connectivity index (χ4n) is 3.79. The smallest absolute Gasteiger partial charge is 0.255 e. The molecular weight excluding hydrogens is 423 g/mol. The molecule has 0 saturated carbocycles. The second-order valence-electron chi connectivity index (χ2n) is 8.01. The Morgan fingerprint density at radius 2 is 1.45 bits per heavy atom. The lowest BCUT2D eigenvalue weighted by molar-refractivity contribution is -0.700. The van der Waals surface area contributed by atoms with Crippen molar-refractivity contribution in [2.75, 3.05) is 0 Å². The Morgan fingerprint density at radius 3 is 2.07 bits per heavy atom. The summed E-state index contributed by atoms with van der Waals surface area (Å²) in [6.45, 7) is 7.26. The summed E-state index contributed by atoms with van der Waals surface area (Å²) in [4.78, 5) is 3.39. The summed E-state index contributed by atoms with van der Waals surface area (Å²) < 4.78 is 2.31. The Labute approximate surface area is 193 Å². The molecule has 0 bridgehead atoms. The molecule has 2 nitrogen and oxygen atoms in total. The molecule has 0 aliphatic heterocycles. The number of imidazole rings is 1. The molecule has 1 aromatic carbocycles. The molecule has 2 aromatic rings. The lowest BCUT2D eigenvalue weighted by atomic mass is 10.1. The van der Waals surface area contributed by atoms with Crippen LogP contribution in [0.2, 0.25) is 10.2 Å². The number of halogens is 3. The second kappa shape index (κ2) is 14.3. The van der Waals surface area contributed by atoms with E-state index < -0.39 is 0 Å². The molecule has 0 fully saturated rings. The van der Waals surface area contributed by atoms with Gasteiger partial charge in [-0.3, -0.25) is 0 Å². The van der Waals surface area contributed by atoms with Crippen molar-refractivity contribution in [1.29, 1.82) is 0 Å². The summed E-state index contributed by atoms with van der Waals surface area (Å²) in [5.74, 6) is 1.22. The molecule has 0 spiro atoms. The van der Waals surface area contributed by atoms with Crippen LogP contribution >= 0.6 is 23.2 Å². The number of aryl methyl sites for hydroxylation is 1. The maximum absolute atomic E-state index is 6.40. The van der Waals surface area contributed by atoms with Crippen LogP contribution in [0.3, 0.4) is 0 Å². The first-order valence-corrected chi connectivity index (χ1v) is 11.8. The van der Waals surface area contributed by atoms with Gasteiger partial charge in [-0.05, 0) is 42.1 Å². The zero-order chi connectivity index (χ0) is 20.4. The minimum absolute atomic E-state index is 0. The third kappa shape index (κ3) is 8.52. The minimum Gasteiger partial charge on any atom is -1.00 e. The lowest BCUT2D eigenvalue weighted by Gasteiger charge is -2.08. The summed E-state index contributed by atoms with van der Waals surface area (Å²) in [5, 5.41) is 1.58. The van der Waals surface area contributed by atoms with E-state index in [0.717, 1.165) is 34.4 Å². The predicted octanol–water partition coefficient (Wildman–Crippen LogP) is 4.74. The molecular formula is C24H37Cl3N2. The van der Waals surface area contributed by atoms with Crippen LogP contribution in [-0.4, -0.2) is 4.98 Å². The number of H-pyrrole nitrogens is 1. The van der Waals surface area contributed by atoms with Gasteiger partial charge in [0, 0.05) is 18.4 Å². The monoisotopic (exact) mass is 458 g/mol. The van der Waals surface area contributed by atoms with Crippen molar-refractivity contribution >= 4 is 23.2 Å². The van der Waals surface area contributed by atoms with Crippen LogP contribution < -0.4 is 17.0 Å². The molecule has 0 aliphatic carbocycles. The number of aromatic amines is 1. The molecule has 0 atom stereocenters. The molecule has 164 valence electrons. The lowest BCUT2D eigenvalue weighted by Crippen LogP contribution is -3.00. The van der Waals surface area contributed by atoms with Gasteiger partial charge >= 0.3 is 0 Å². The summed E-state index contributed by atoms with van der Waals surface area (Å²) in [7, 11) is 0. The Kier molecular flexibility index (Phi) is 13.0. The van der Waals surface area contributed by atoms with E-state index in [4.69, 9.17) is 23.2 Å². The van der Waals surface area contributed by atoms with Crippen LogP contribution in [0.25, 0.3) is 0 Å². The number of nitrogens with one attached hydrogen (secondary N) is 1. The Balaban J connectivity index is 0.00000420. The number of benzene rings is 1. The highest BCUT2D eigenvalue weighted by molar-refractivity contribution is 6.31. The van der Waals surface area contributed by atoms with Crippen LogP contribution in [0, 0.1) is 13.8 Å². The van der Waals surface area contributed by atoms with Crippen LogP contribution in [0.1, 0.15) is 93.8 Å². The molecule has 0 aliphatic rings. The normalized spacial score (nSPS) is 10.9. The molecule has 1 aromatic heterocycles. The van der Waals surface area contributed by atoms with Gasteiger partial charge in [-0.2, -0.15) is 0 Å². The van der Waals surface area contributed by atoms with Gasteiger partial charge in [-0.15, -0.1) is 0 Å². The molecule has 1 N–H and O–H groups in total. The van der Waals surface area contributed by atoms with Crippen molar-refractivity contribution < 1.29 is 17.0 Å². The SMILES string of the molecule is CCCCCCCCCCCCc1[nH]c(Cl)c(C)[n+]1Cc1cccc(Cl)c1C.[Cl-]. The molecule has 0 unspecified atom stereocenters. The molecule has 2 rings (SSSR count). The highest BCUT2D eigenvalue weighted by atomic mass is 35.5. The van der Waals surface area contributed by atoms with E-state index in [2.05, 4.69) is 36.4 Å². The number of hydrogen-bond donors (Lipinski definition) is 1. The first-order valence-electron chi connectivity index (χ1n) is 11.0. The minimum atomic E-state index is 0. The van der Waals surface area contributed by atoms with Crippen LogP contribution in [0.5, 0.6) is 0 Å². The summed E-state index contributed by atoms with van der Waals surface area (Å²) in [6.07, 6.45) is 14.6. The Morgan fingerprint density at radius 1 is 0.862 bits per heavy atom. The zero-order valence-electron chi connectivity index (χ0n) is 18.3. The highest BCUT2D eigenvalue weighted by Gasteiger charge is 2.21. The van der Waals surface area contributed by atoms with Crippen LogP contribution in [0.15, 0.2) is 18.2 Å². The van der Waals surface area contributed by atoms with Gasteiger partial charge in [-0.25, -0.2) is 9.55 Å². The average molecular weight is 460 g/mol. The van der Waals surface area contributed by atoms with Crippen molar-refractivity contribution in [3.05, 3.63) is 51.0 Å². The summed E-state index contributed by atoms with van der Waals surface area (Å²) in [5.41, 5.74) is 3.50. The first-order chi connectivity index (χ1) is 13.5. The third-order valence-corrected chi connectivity index (χ3v) is 6.56. The van der Waals surface area contributed by atoms with E-state index in [1.165, 1.54) is 75.6 Å². The molecule has 0 radical (unpaired) electrons. The van der Waals surface area contributed by atoms with E-state index in [0.29, 0.717) is 0 Å². The molecule has 0 saturated heterocycles. The standard InChI is InChI=1S/C24H36Cl2N2.ClH/c1-4-5-6-7-8-9-10-11-12-13-17-23-27-24(26)20(3)28(23)18-21-15-14-16-22(25)19(21)2;/h14-16H,4-13,17-18H2,1-3H3;1H. The van der Waals surface area contributed by atoms with Gasteiger partial charge in [-0.1, -0.05) is 88.4 Å². The first kappa shape index (κ1) is 26.3. The second-order valence-corrected chi connectivity index (χ2v) is 8.80. The molecule has 1 heterocycles. The predicted molar refractivity (Wildman–Crippen MR) is 122 cm³/mol. The fraction of sp³-hybridized carbons (Fsp3) is 0.625. The van der Waals surface area contributed by atoms with Gasteiger partial charge in [0.05, 0.1) is 0 Å². The van der Waals surface area contributed by atoms with Crippen LogP contribution in [-0.2, 0) is 13.0 Å². The number of aromatic nitrogens is 2. The van der Waals surface area contributed by atoms with Gasteiger partial charge in [0.25, 0.3) is 5.82 Å². The van der Waals surface area contributed by atoms with Crippen LogP contribution in [0.4, 0.5) is 0 Å². The highest BCUT2D eigenvalue weighted by Crippen LogP contribution is 2.20. The largest absolute Gasteiger partial charge is 1.00 e. The maximum atomic E-state index is 6.40. The quantitative estimate of drug-likeness (QED) is 0.330. The van der Waals surface area contributed by atoms with Crippen molar-refractivity contribution in [1.82, 2.24) is 4.98 Å². The summed E-state index contributed by atoms with van der Waals surface area (Å²) >= 11 is 12.7. The van der Waals surface area contributed by atoms with E-state index in [1.807, 2.05) is 12.1 Å². The third-order valence-electron chi connectivity index (χ3n) is 5.78. The Bertz CT molecular complexity index is 725. The van der Waals surface area contributed by atoms with Crippen molar-refractivity contribution in [3.63, 3.8) is 0 Å². The van der Waals surface area contributed by atoms with E-state index >= 15 is 0 Å². The topological polar surface area (TPSA) is 19.7 Å². The molecule has 29 heavy (non-hydrogen) atoms. The number of unbranched alkanes of at least 4 members (excludes halogenated alkanes) is 9. The number of hydrogen-bond acceptors (Lipinski definition) is 0. The Hall–Kier alpha value is -0.700. The fourth-order valence-corrected chi connectivity index (χ4v) is 4.20. The molecule has 0 amide bonds. The van der Waals surface area contributed by atoms with E-state index in [-0.39, 0.29) is 12.4 Å². The van der Waals surface area contributed by atoms with Gasteiger partial charge < -0.3 is 12.4 Å². The number of rotatable bonds is 13. The van der Waals surface area contributed by atoms with Gasteiger partial charge in [0.2, 0.25) is 5.15 Å². The zero-order valence-corrected chi connectivity index (χ0v) is 20.6. The average Bonchev–Trinajstić information content (AvgIpc) is 2.94. The van der Waals surface area contributed by atoms with Gasteiger partial charge in [0.1, 0.15) is 6.54 Å². The van der Waals surface area contributed by atoms with Gasteiger partial charge in [0.15, 0.2) is 5.69 Å².